The minimum atomic E-state index is 0.216. The molecule has 4 heteroatoms. The van der Waals surface area contributed by atoms with Crippen LogP contribution >= 0.6 is 0 Å². The molecule has 4 rings (SSSR count). The van der Waals surface area contributed by atoms with Crippen LogP contribution in [-0.4, -0.2) is 19.7 Å². The van der Waals surface area contributed by atoms with E-state index in [2.05, 4.69) is 10.1 Å². The van der Waals surface area contributed by atoms with Crippen molar-refractivity contribution in [2.75, 3.05) is 0 Å². The summed E-state index contributed by atoms with van der Waals surface area (Å²) < 4.78 is 1.76. The average Bonchev–Trinajstić information content (AvgIpc) is 2.93. The Bertz CT molecular complexity index is 913. The zero-order valence-electron chi connectivity index (χ0n) is 10.6. The van der Waals surface area contributed by atoms with Gasteiger partial charge in [-0.25, -0.2) is 9.50 Å². The first-order valence-corrected chi connectivity index (χ1v) is 6.34. The van der Waals surface area contributed by atoms with E-state index in [0.29, 0.717) is 5.39 Å². The van der Waals surface area contributed by atoms with Gasteiger partial charge in [0.1, 0.15) is 5.75 Å². The minimum absolute atomic E-state index is 0.216. The van der Waals surface area contributed by atoms with Crippen LogP contribution in [0.3, 0.4) is 0 Å². The lowest BCUT2D eigenvalue weighted by Crippen LogP contribution is -1.93. The van der Waals surface area contributed by atoms with Crippen molar-refractivity contribution in [2.24, 2.45) is 0 Å². The summed E-state index contributed by atoms with van der Waals surface area (Å²) in [4.78, 5) is 4.45. The van der Waals surface area contributed by atoms with Gasteiger partial charge >= 0.3 is 0 Å². The van der Waals surface area contributed by atoms with Crippen molar-refractivity contribution in [3.63, 3.8) is 0 Å². The Hall–Kier alpha value is -2.88. The van der Waals surface area contributed by atoms with Crippen LogP contribution in [0.15, 0.2) is 60.9 Å². The molecule has 96 valence electrons. The topological polar surface area (TPSA) is 50.4 Å². The normalized spacial score (nSPS) is 11.2. The molecule has 0 aliphatic heterocycles. The first-order chi connectivity index (χ1) is 9.84. The molecule has 0 saturated heterocycles. The van der Waals surface area contributed by atoms with E-state index in [1.807, 2.05) is 36.4 Å². The summed E-state index contributed by atoms with van der Waals surface area (Å²) in [5.41, 5.74) is 3.69. The van der Waals surface area contributed by atoms with E-state index in [-0.39, 0.29) is 5.75 Å². The summed E-state index contributed by atoms with van der Waals surface area (Å²) in [6.07, 6.45) is 3.50. The zero-order chi connectivity index (χ0) is 13.5. The van der Waals surface area contributed by atoms with E-state index in [9.17, 15) is 5.11 Å². The Kier molecular flexibility index (Phi) is 2.23. The summed E-state index contributed by atoms with van der Waals surface area (Å²) in [6, 6.07) is 15.4. The molecular weight excluding hydrogens is 250 g/mol. The van der Waals surface area contributed by atoms with Crippen LogP contribution in [0.1, 0.15) is 0 Å². The maximum Gasteiger partial charge on any atom is 0.163 e. The third kappa shape index (κ3) is 1.48. The largest absolute Gasteiger partial charge is 0.507 e. The van der Waals surface area contributed by atoms with E-state index < -0.39 is 0 Å². The maximum absolute atomic E-state index is 9.87. The van der Waals surface area contributed by atoms with Gasteiger partial charge in [0, 0.05) is 11.8 Å². The third-order valence-corrected chi connectivity index (χ3v) is 3.43. The van der Waals surface area contributed by atoms with Crippen molar-refractivity contribution in [3.05, 3.63) is 60.9 Å². The van der Waals surface area contributed by atoms with Gasteiger partial charge in [0.25, 0.3) is 0 Å². The highest BCUT2D eigenvalue weighted by Gasteiger charge is 2.11. The number of phenolic OH excluding ortho intramolecular Hbond substituents is 1. The van der Waals surface area contributed by atoms with Crippen molar-refractivity contribution < 1.29 is 5.11 Å². The van der Waals surface area contributed by atoms with Crippen LogP contribution in [0, 0.1) is 0 Å². The van der Waals surface area contributed by atoms with Gasteiger partial charge in [-0.05, 0) is 17.7 Å². The van der Waals surface area contributed by atoms with Crippen LogP contribution in [0.25, 0.3) is 27.7 Å². The van der Waals surface area contributed by atoms with E-state index >= 15 is 0 Å². The lowest BCUT2D eigenvalue weighted by atomic mass is 10.1. The van der Waals surface area contributed by atoms with Gasteiger partial charge < -0.3 is 5.11 Å². The molecule has 0 atom stereocenters. The number of phenols is 1. The predicted octanol–water partition coefficient (Wildman–Crippen LogP) is 3.26. The Morgan fingerprint density at radius 3 is 2.60 bits per heavy atom. The number of nitrogens with zero attached hydrogens (tertiary/aromatic N) is 3. The number of rotatable bonds is 1. The highest BCUT2D eigenvalue weighted by molar-refractivity contribution is 5.89. The van der Waals surface area contributed by atoms with Crippen LogP contribution < -0.4 is 0 Å². The molecule has 0 aliphatic rings. The highest BCUT2D eigenvalue weighted by atomic mass is 16.3. The first kappa shape index (κ1) is 11.0. The molecule has 0 saturated carbocycles. The molecular formula is C16H11N3O. The monoisotopic (exact) mass is 261 g/mol. The number of hydrogen-bond acceptors (Lipinski definition) is 3. The molecule has 2 aromatic carbocycles. The van der Waals surface area contributed by atoms with E-state index in [1.54, 1.807) is 29.0 Å². The summed E-state index contributed by atoms with van der Waals surface area (Å²) in [5, 5.41) is 15.0. The van der Waals surface area contributed by atoms with E-state index in [1.165, 1.54) is 0 Å². The zero-order valence-corrected chi connectivity index (χ0v) is 10.6. The van der Waals surface area contributed by atoms with Crippen molar-refractivity contribution in [2.45, 2.75) is 0 Å². The predicted molar refractivity (Wildman–Crippen MR) is 77.6 cm³/mol. The molecule has 0 amide bonds. The lowest BCUT2D eigenvalue weighted by molar-refractivity contribution is 0.481. The Morgan fingerprint density at radius 2 is 1.75 bits per heavy atom. The number of aromatic nitrogens is 3. The molecule has 0 spiro atoms. The maximum atomic E-state index is 9.87. The van der Waals surface area contributed by atoms with Crippen LogP contribution in [0.5, 0.6) is 5.75 Å². The van der Waals surface area contributed by atoms with Gasteiger partial charge in [-0.3, -0.25) is 0 Å². The van der Waals surface area contributed by atoms with Gasteiger partial charge in [-0.1, -0.05) is 36.4 Å². The van der Waals surface area contributed by atoms with E-state index in [4.69, 9.17) is 0 Å². The Morgan fingerprint density at radius 1 is 0.900 bits per heavy atom. The quantitative estimate of drug-likeness (QED) is 0.572. The molecule has 0 bridgehead atoms. The van der Waals surface area contributed by atoms with Crippen molar-refractivity contribution in [1.82, 2.24) is 14.6 Å². The van der Waals surface area contributed by atoms with Crippen molar-refractivity contribution in [3.8, 4) is 16.9 Å². The average molecular weight is 261 g/mol. The molecule has 0 aliphatic carbocycles. The fourth-order valence-electron chi connectivity index (χ4n) is 2.45. The lowest BCUT2D eigenvalue weighted by Gasteiger charge is -2.03. The minimum Gasteiger partial charge on any atom is -0.507 e. The van der Waals surface area contributed by atoms with Crippen LogP contribution in [0.2, 0.25) is 0 Å². The van der Waals surface area contributed by atoms with Crippen LogP contribution in [-0.2, 0) is 0 Å². The molecule has 4 nitrogen and oxygen atoms in total. The Balaban J connectivity index is 2.08. The van der Waals surface area contributed by atoms with Gasteiger partial charge in [0.15, 0.2) is 5.65 Å². The summed E-state index contributed by atoms with van der Waals surface area (Å²) in [7, 11) is 0. The molecule has 20 heavy (non-hydrogen) atoms. The molecule has 2 aromatic heterocycles. The number of aromatic hydroxyl groups is 1. The van der Waals surface area contributed by atoms with E-state index in [0.717, 1.165) is 22.3 Å². The summed E-state index contributed by atoms with van der Waals surface area (Å²) >= 11 is 0. The van der Waals surface area contributed by atoms with Crippen LogP contribution in [0.4, 0.5) is 0 Å². The standard InChI is InChI=1S/C16H11N3O/c20-15-8-4-7-14-13(15)9-17-16-12(10-18-19(14)16)11-5-2-1-3-6-11/h1-10,20H. The van der Waals surface area contributed by atoms with Crippen molar-refractivity contribution >= 4 is 16.6 Å². The smallest absolute Gasteiger partial charge is 0.163 e. The molecule has 0 unspecified atom stereocenters. The summed E-state index contributed by atoms with van der Waals surface area (Å²) in [5.74, 6) is 0.216. The first-order valence-electron chi connectivity index (χ1n) is 6.34. The second kappa shape index (κ2) is 4.06. The van der Waals surface area contributed by atoms with Gasteiger partial charge in [-0.15, -0.1) is 0 Å². The van der Waals surface area contributed by atoms with Gasteiger partial charge in [-0.2, -0.15) is 5.10 Å². The fourth-order valence-corrected chi connectivity index (χ4v) is 2.45. The molecule has 4 aromatic rings. The second-order valence-electron chi connectivity index (χ2n) is 4.63. The molecule has 0 radical (unpaired) electrons. The fraction of sp³-hybridized carbons (Fsp3) is 0. The number of hydrogen-bond donors (Lipinski definition) is 1. The SMILES string of the molecule is Oc1cccc2c1cnc1c(-c3ccccc3)cnn12. The summed E-state index contributed by atoms with van der Waals surface area (Å²) in [6.45, 7) is 0. The highest BCUT2D eigenvalue weighted by Crippen LogP contribution is 2.28. The Labute approximate surface area is 114 Å². The molecule has 0 fully saturated rings. The second-order valence-corrected chi connectivity index (χ2v) is 4.63. The van der Waals surface area contributed by atoms with Gasteiger partial charge in [0.2, 0.25) is 0 Å². The number of benzene rings is 2. The molecule has 2 heterocycles. The number of fused-ring (bicyclic) bond motifs is 3. The van der Waals surface area contributed by atoms with Crippen molar-refractivity contribution in [1.29, 1.82) is 0 Å². The molecule has 1 N–H and O–H groups in total. The third-order valence-electron chi connectivity index (χ3n) is 3.43. The van der Waals surface area contributed by atoms with Gasteiger partial charge in [0.05, 0.1) is 17.1 Å².